The summed E-state index contributed by atoms with van der Waals surface area (Å²) in [5.41, 5.74) is 1.29. The van der Waals surface area contributed by atoms with Gasteiger partial charge < -0.3 is 25.0 Å². The standard InChI is InChI=1S/C20H30N6O3/c1-25(2)19-16-20(22-10-21-19)26(11-23-16)14-8-7-13(17(28)18(14)29)24-15(27)9-12-5-3-4-6-12/h10-14,17-18,28-29H,3-9H2,1-2H3,(H,24,27)/t13-,14-,17-,18-/m1/s1. The highest BCUT2D eigenvalue weighted by Crippen LogP contribution is 2.33. The minimum Gasteiger partial charge on any atom is -0.388 e. The third-order valence-electron chi connectivity index (χ3n) is 6.35. The van der Waals surface area contributed by atoms with Gasteiger partial charge in [0.25, 0.3) is 0 Å². The summed E-state index contributed by atoms with van der Waals surface area (Å²) in [7, 11) is 3.78. The second-order valence-corrected chi connectivity index (χ2v) is 8.57. The molecular formula is C20H30N6O3. The number of aliphatic hydroxyl groups is 2. The van der Waals surface area contributed by atoms with E-state index in [0.717, 1.165) is 12.8 Å². The Balaban J connectivity index is 1.46. The second kappa shape index (κ2) is 8.23. The third-order valence-corrected chi connectivity index (χ3v) is 6.35. The minimum atomic E-state index is -1.03. The lowest BCUT2D eigenvalue weighted by Crippen LogP contribution is -2.54. The third kappa shape index (κ3) is 3.93. The number of amides is 1. The summed E-state index contributed by atoms with van der Waals surface area (Å²) in [5.74, 6) is 1.14. The van der Waals surface area contributed by atoms with Gasteiger partial charge in [-0.15, -0.1) is 0 Å². The molecular weight excluding hydrogens is 372 g/mol. The predicted octanol–water partition coefficient (Wildman–Crippen LogP) is 1.01. The summed E-state index contributed by atoms with van der Waals surface area (Å²) in [6.45, 7) is 0. The lowest BCUT2D eigenvalue weighted by Gasteiger charge is -2.38. The van der Waals surface area contributed by atoms with Crippen LogP contribution in [0.4, 0.5) is 5.82 Å². The molecule has 2 aromatic rings. The summed E-state index contributed by atoms with van der Waals surface area (Å²) in [4.78, 5) is 27.3. The average molecular weight is 402 g/mol. The van der Waals surface area contributed by atoms with E-state index in [0.29, 0.717) is 42.2 Å². The van der Waals surface area contributed by atoms with Gasteiger partial charge in [0.1, 0.15) is 18.5 Å². The molecule has 0 radical (unpaired) electrons. The fraction of sp³-hybridized carbons (Fsp3) is 0.700. The number of aliphatic hydroxyl groups excluding tert-OH is 2. The normalized spacial score (nSPS) is 28.0. The summed E-state index contributed by atoms with van der Waals surface area (Å²) in [6, 6.07) is -0.792. The number of nitrogens with one attached hydrogen (secondary N) is 1. The quantitative estimate of drug-likeness (QED) is 0.683. The molecule has 0 spiro atoms. The van der Waals surface area contributed by atoms with Gasteiger partial charge in [0.2, 0.25) is 5.91 Å². The van der Waals surface area contributed by atoms with Crippen LogP contribution in [-0.2, 0) is 4.79 Å². The zero-order valence-corrected chi connectivity index (χ0v) is 17.0. The average Bonchev–Trinajstić information content (AvgIpc) is 3.35. The molecule has 2 heterocycles. The monoisotopic (exact) mass is 402 g/mol. The Bertz CT molecular complexity index is 863. The summed E-state index contributed by atoms with van der Waals surface area (Å²) >= 11 is 0. The maximum atomic E-state index is 12.4. The Morgan fingerprint density at radius 3 is 2.62 bits per heavy atom. The summed E-state index contributed by atoms with van der Waals surface area (Å²) < 4.78 is 1.81. The van der Waals surface area contributed by atoms with Crippen LogP contribution in [0.3, 0.4) is 0 Å². The van der Waals surface area contributed by atoms with Crippen molar-refractivity contribution in [2.45, 2.75) is 69.2 Å². The molecule has 2 aromatic heterocycles. The van der Waals surface area contributed by atoms with E-state index in [1.54, 1.807) is 6.33 Å². The topological polar surface area (TPSA) is 116 Å². The van der Waals surface area contributed by atoms with Gasteiger partial charge >= 0.3 is 0 Å². The van der Waals surface area contributed by atoms with Crippen LogP contribution in [-0.4, -0.2) is 68.0 Å². The maximum absolute atomic E-state index is 12.4. The zero-order valence-electron chi connectivity index (χ0n) is 17.0. The highest BCUT2D eigenvalue weighted by atomic mass is 16.3. The molecule has 3 N–H and O–H groups in total. The number of fused-ring (bicyclic) bond motifs is 1. The van der Waals surface area contributed by atoms with Gasteiger partial charge in [0, 0.05) is 20.5 Å². The van der Waals surface area contributed by atoms with E-state index >= 15 is 0 Å². The molecule has 158 valence electrons. The van der Waals surface area contributed by atoms with Crippen molar-refractivity contribution in [1.82, 2.24) is 24.8 Å². The molecule has 29 heavy (non-hydrogen) atoms. The molecule has 4 atom stereocenters. The van der Waals surface area contributed by atoms with Crippen molar-refractivity contribution in [2.75, 3.05) is 19.0 Å². The molecule has 2 aliphatic carbocycles. The molecule has 0 saturated heterocycles. The van der Waals surface area contributed by atoms with Crippen molar-refractivity contribution in [3.8, 4) is 0 Å². The lowest BCUT2D eigenvalue weighted by atomic mass is 9.85. The zero-order chi connectivity index (χ0) is 20.5. The number of rotatable bonds is 5. The first-order valence-electron chi connectivity index (χ1n) is 10.5. The van der Waals surface area contributed by atoms with Gasteiger partial charge in [0.05, 0.1) is 18.4 Å². The van der Waals surface area contributed by atoms with Gasteiger partial charge in [-0.2, -0.15) is 0 Å². The first kappa shape index (κ1) is 20.0. The highest BCUT2D eigenvalue weighted by Gasteiger charge is 2.40. The number of aromatic nitrogens is 4. The largest absolute Gasteiger partial charge is 0.388 e. The van der Waals surface area contributed by atoms with E-state index in [1.807, 2.05) is 23.6 Å². The van der Waals surface area contributed by atoms with Crippen LogP contribution in [0.2, 0.25) is 0 Å². The van der Waals surface area contributed by atoms with E-state index in [2.05, 4.69) is 20.3 Å². The van der Waals surface area contributed by atoms with Crippen LogP contribution in [0.1, 0.15) is 51.0 Å². The van der Waals surface area contributed by atoms with E-state index < -0.39 is 18.2 Å². The van der Waals surface area contributed by atoms with Crippen LogP contribution in [0.5, 0.6) is 0 Å². The Kier molecular flexibility index (Phi) is 5.69. The number of imidazole rings is 1. The van der Waals surface area contributed by atoms with Crippen molar-refractivity contribution in [2.24, 2.45) is 5.92 Å². The number of carbonyl (C=O) groups is 1. The molecule has 9 nitrogen and oxygen atoms in total. The van der Waals surface area contributed by atoms with Crippen molar-refractivity contribution in [3.05, 3.63) is 12.7 Å². The summed E-state index contributed by atoms with van der Waals surface area (Å²) in [6.07, 6.45) is 7.39. The Morgan fingerprint density at radius 1 is 1.14 bits per heavy atom. The van der Waals surface area contributed by atoms with Crippen molar-refractivity contribution < 1.29 is 15.0 Å². The molecule has 2 aliphatic rings. The fourth-order valence-electron chi connectivity index (χ4n) is 4.77. The van der Waals surface area contributed by atoms with E-state index in [9.17, 15) is 15.0 Å². The van der Waals surface area contributed by atoms with Gasteiger partial charge in [-0.05, 0) is 31.6 Å². The molecule has 1 amide bonds. The molecule has 2 saturated carbocycles. The van der Waals surface area contributed by atoms with Crippen LogP contribution < -0.4 is 10.2 Å². The molecule has 0 unspecified atom stereocenters. The minimum absolute atomic E-state index is 0.0250. The van der Waals surface area contributed by atoms with Crippen LogP contribution in [0.25, 0.3) is 11.2 Å². The van der Waals surface area contributed by atoms with Gasteiger partial charge in [-0.25, -0.2) is 15.0 Å². The molecule has 0 aromatic carbocycles. The number of hydrogen-bond acceptors (Lipinski definition) is 7. The van der Waals surface area contributed by atoms with Gasteiger partial charge in [-0.3, -0.25) is 4.79 Å². The molecule has 4 rings (SSSR count). The second-order valence-electron chi connectivity index (χ2n) is 8.57. The number of anilines is 1. The Hall–Kier alpha value is -2.26. The van der Waals surface area contributed by atoms with Crippen molar-refractivity contribution >= 4 is 22.9 Å². The number of carbonyl (C=O) groups excluding carboxylic acids is 1. The predicted molar refractivity (Wildman–Crippen MR) is 108 cm³/mol. The number of hydrogen-bond donors (Lipinski definition) is 3. The summed E-state index contributed by atoms with van der Waals surface area (Å²) in [5, 5.41) is 24.4. The first-order valence-corrected chi connectivity index (χ1v) is 10.5. The molecule has 0 bridgehead atoms. The molecule has 2 fully saturated rings. The van der Waals surface area contributed by atoms with Crippen LogP contribution in [0, 0.1) is 5.92 Å². The Labute approximate surface area is 170 Å². The van der Waals surface area contributed by atoms with E-state index in [-0.39, 0.29) is 11.9 Å². The molecule has 9 heteroatoms. The fourth-order valence-corrected chi connectivity index (χ4v) is 4.77. The Morgan fingerprint density at radius 2 is 1.90 bits per heavy atom. The van der Waals surface area contributed by atoms with Crippen molar-refractivity contribution in [3.63, 3.8) is 0 Å². The van der Waals surface area contributed by atoms with Crippen molar-refractivity contribution in [1.29, 1.82) is 0 Å². The van der Waals surface area contributed by atoms with Crippen LogP contribution >= 0.6 is 0 Å². The van der Waals surface area contributed by atoms with E-state index in [1.165, 1.54) is 19.2 Å². The maximum Gasteiger partial charge on any atom is 0.220 e. The van der Waals surface area contributed by atoms with E-state index in [4.69, 9.17) is 0 Å². The highest BCUT2D eigenvalue weighted by molar-refractivity contribution is 5.83. The SMILES string of the molecule is CN(C)c1ncnc2c1ncn2[C@@H]1CC[C@@H](NC(=O)CC2CCCC2)[C@@H](O)[C@@H]1O. The smallest absolute Gasteiger partial charge is 0.220 e. The van der Waals surface area contributed by atoms with Crippen LogP contribution in [0.15, 0.2) is 12.7 Å². The first-order chi connectivity index (χ1) is 14.0. The molecule has 0 aliphatic heterocycles. The number of nitrogens with zero attached hydrogens (tertiary/aromatic N) is 5. The van der Waals surface area contributed by atoms with Gasteiger partial charge in [0.15, 0.2) is 17.0 Å². The van der Waals surface area contributed by atoms with Gasteiger partial charge in [-0.1, -0.05) is 12.8 Å². The lowest BCUT2D eigenvalue weighted by molar-refractivity contribution is -0.126.